The van der Waals surface area contributed by atoms with E-state index in [2.05, 4.69) is 40.4 Å². The maximum atomic E-state index is 6.01. The average molecular weight is 490 g/mol. The Bertz CT molecular complexity index is 571. The highest BCUT2D eigenvalue weighted by molar-refractivity contribution is 14.0. The second kappa shape index (κ2) is 13.2. The highest BCUT2D eigenvalue weighted by atomic mass is 127. The second-order valence-corrected chi connectivity index (χ2v) is 6.85. The highest BCUT2D eigenvalue weighted by Crippen LogP contribution is 2.17. The Morgan fingerprint density at radius 2 is 2.11 bits per heavy atom. The summed E-state index contributed by atoms with van der Waals surface area (Å²) in [4.78, 5) is 6.82. The number of benzene rings is 1. The van der Waals surface area contributed by atoms with Crippen LogP contribution < -0.4 is 15.4 Å². The molecule has 2 atom stereocenters. The third-order valence-electron chi connectivity index (χ3n) is 4.79. The first kappa shape index (κ1) is 24.0. The van der Waals surface area contributed by atoms with Gasteiger partial charge in [-0.25, -0.2) is 0 Å². The Balaban J connectivity index is 0.00000364. The van der Waals surface area contributed by atoms with E-state index >= 15 is 0 Å². The summed E-state index contributed by atoms with van der Waals surface area (Å²) in [5.74, 6) is 1.76. The summed E-state index contributed by atoms with van der Waals surface area (Å²) in [6.45, 7) is 8.67. The predicted molar refractivity (Wildman–Crippen MR) is 123 cm³/mol. The van der Waals surface area contributed by atoms with Crippen LogP contribution in [0, 0.1) is 6.92 Å². The van der Waals surface area contributed by atoms with Gasteiger partial charge in [0, 0.05) is 33.3 Å². The van der Waals surface area contributed by atoms with E-state index in [0.717, 1.165) is 43.5 Å². The Morgan fingerprint density at radius 3 is 2.81 bits per heavy atom. The van der Waals surface area contributed by atoms with Crippen molar-refractivity contribution in [2.75, 3.05) is 46.9 Å². The molecule has 0 aromatic heterocycles. The summed E-state index contributed by atoms with van der Waals surface area (Å²) in [6, 6.07) is 8.64. The molecule has 1 aromatic rings. The fourth-order valence-electron chi connectivity index (χ4n) is 3.25. The molecule has 1 saturated heterocycles. The zero-order chi connectivity index (χ0) is 18.8. The van der Waals surface area contributed by atoms with Crippen LogP contribution in [-0.4, -0.2) is 69.9 Å². The lowest BCUT2D eigenvalue weighted by Crippen LogP contribution is -2.47. The average Bonchev–Trinajstić information content (AvgIpc) is 3.09. The minimum absolute atomic E-state index is 0. The van der Waals surface area contributed by atoms with E-state index < -0.39 is 0 Å². The van der Waals surface area contributed by atoms with Crippen LogP contribution in [0.15, 0.2) is 29.3 Å². The van der Waals surface area contributed by atoms with Gasteiger partial charge in [0.1, 0.15) is 11.9 Å². The van der Waals surface area contributed by atoms with Crippen molar-refractivity contribution in [1.82, 2.24) is 15.5 Å². The number of halogens is 1. The van der Waals surface area contributed by atoms with Crippen molar-refractivity contribution in [3.63, 3.8) is 0 Å². The minimum Gasteiger partial charge on any atom is -0.489 e. The molecule has 154 valence electrons. The van der Waals surface area contributed by atoms with E-state index in [0.29, 0.717) is 12.6 Å². The molecular formula is C20H35IN4O2. The van der Waals surface area contributed by atoms with Crippen LogP contribution in [0.2, 0.25) is 0 Å². The number of ether oxygens (including phenoxy) is 2. The van der Waals surface area contributed by atoms with E-state index in [1.165, 1.54) is 12.8 Å². The zero-order valence-electron chi connectivity index (χ0n) is 17.0. The van der Waals surface area contributed by atoms with Gasteiger partial charge in [-0.2, -0.15) is 0 Å². The molecule has 0 amide bonds. The molecular weight excluding hydrogens is 455 g/mol. The van der Waals surface area contributed by atoms with Crippen LogP contribution in [0.4, 0.5) is 0 Å². The molecule has 0 saturated carbocycles. The zero-order valence-corrected chi connectivity index (χ0v) is 19.4. The number of nitrogens with one attached hydrogen (secondary N) is 2. The first-order chi connectivity index (χ1) is 12.6. The molecule has 6 nitrogen and oxygen atoms in total. The third-order valence-corrected chi connectivity index (χ3v) is 4.79. The van der Waals surface area contributed by atoms with Crippen molar-refractivity contribution in [3.8, 4) is 5.75 Å². The van der Waals surface area contributed by atoms with Crippen molar-refractivity contribution < 1.29 is 9.47 Å². The Labute approximate surface area is 181 Å². The number of guanidine groups is 1. The third kappa shape index (κ3) is 8.23. The number of para-hydroxylation sites is 1. The number of rotatable bonds is 9. The monoisotopic (exact) mass is 490 g/mol. The number of hydrogen-bond acceptors (Lipinski definition) is 4. The van der Waals surface area contributed by atoms with Gasteiger partial charge in [-0.3, -0.25) is 9.89 Å². The van der Waals surface area contributed by atoms with E-state index in [1.807, 2.05) is 18.2 Å². The van der Waals surface area contributed by atoms with Crippen LogP contribution in [-0.2, 0) is 4.74 Å². The van der Waals surface area contributed by atoms with Crippen molar-refractivity contribution in [1.29, 1.82) is 0 Å². The van der Waals surface area contributed by atoms with Crippen LogP contribution in [0.5, 0.6) is 5.75 Å². The Morgan fingerprint density at radius 1 is 1.33 bits per heavy atom. The SMILES string of the molecule is CN=C(NCC(C)Oc1ccccc1C)NCC1CCCN1CCOC.I. The van der Waals surface area contributed by atoms with E-state index in [4.69, 9.17) is 9.47 Å². The molecule has 7 heteroatoms. The molecule has 2 unspecified atom stereocenters. The van der Waals surface area contributed by atoms with Crippen LogP contribution in [0.25, 0.3) is 0 Å². The van der Waals surface area contributed by atoms with Gasteiger partial charge in [-0.1, -0.05) is 18.2 Å². The summed E-state index contributed by atoms with van der Waals surface area (Å²) < 4.78 is 11.2. The molecule has 27 heavy (non-hydrogen) atoms. The molecule has 1 heterocycles. The molecule has 0 aliphatic carbocycles. The lowest BCUT2D eigenvalue weighted by atomic mass is 10.2. The molecule has 2 rings (SSSR count). The van der Waals surface area contributed by atoms with Gasteiger partial charge < -0.3 is 20.1 Å². The first-order valence-corrected chi connectivity index (χ1v) is 9.53. The fourth-order valence-corrected chi connectivity index (χ4v) is 3.25. The maximum absolute atomic E-state index is 6.01. The smallest absolute Gasteiger partial charge is 0.191 e. The van der Waals surface area contributed by atoms with Gasteiger partial charge in [0.25, 0.3) is 0 Å². The lowest BCUT2D eigenvalue weighted by Gasteiger charge is -2.25. The second-order valence-electron chi connectivity index (χ2n) is 6.85. The molecule has 2 N–H and O–H groups in total. The molecule has 0 spiro atoms. The van der Waals surface area contributed by atoms with E-state index in [9.17, 15) is 0 Å². The van der Waals surface area contributed by atoms with Crippen LogP contribution in [0.1, 0.15) is 25.3 Å². The number of likely N-dealkylation sites (tertiary alicyclic amines) is 1. The summed E-state index contributed by atoms with van der Waals surface area (Å²) >= 11 is 0. The van der Waals surface area contributed by atoms with Gasteiger partial charge in [-0.05, 0) is 44.9 Å². The summed E-state index contributed by atoms with van der Waals surface area (Å²) in [7, 11) is 3.56. The van der Waals surface area contributed by atoms with Gasteiger partial charge in [0.2, 0.25) is 0 Å². The number of hydrogen-bond donors (Lipinski definition) is 2. The number of aliphatic imine (C=N–C) groups is 1. The Kier molecular flexibility index (Phi) is 11.7. The van der Waals surface area contributed by atoms with Crippen LogP contribution in [0.3, 0.4) is 0 Å². The maximum Gasteiger partial charge on any atom is 0.191 e. The summed E-state index contributed by atoms with van der Waals surface area (Å²) in [6.07, 6.45) is 2.53. The fraction of sp³-hybridized carbons (Fsp3) is 0.650. The molecule has 0 bridgehead atoms. The predicted octanol–water partition coefficient (Wildman–Crippen LogP) is 2.66. The van der Waals surface area contributed by atoms with Crippen molar-refractivity contribution in [3.05, 3.63) is 29.8 Å². The standard InChI is InChI=1S/C20H34N4O2.HI/c1-16-8-5-6-10-19(16)26-17(2)14-22-20(21-3)23-15-18-9-7-11-24(18)12-13-25-4;/h5-6,8,10,17-18H,7,9,11-15H2,1-4H3,(H2,21,22,23);1H. The van der Waals surface area contributed by atoms with E-state index in [-0.39, 0.29) is 30.1 Å². The topological polar surface area (TPSA) is 58.1 Å². The van der Waals surface area contributed by atoms with Gasteiger partial charge in [-0.15, -0.1) is 24.0 Å². The Hall–Kier alpha value is -1.06. The minimum atomic E-state index is 0. The normalized spacial score (nSPS) is 18.7. The van der Waals surface area contributed by atoms with Crippen molar-refractivity contribution in [2.24, 2.45) is 4.99 Å². The van der Waals surface area contributed by atoms with Gasteiger partial charge in [0.15, 0.2) is 5.96 Å². The largest absolute Gasteiger partial charge is 0.489 e. The number of methoxy groups -OCH3 is 1. The molecule has 1 fully saturated rings. The summed E-state index contributed by atoms with van der Waals surface area (Å²) in [5.41, 5.74) is 1.15. The van der Waals surface area contributed by atoms with Crippen molar-refractivity contribution >= 4 is 29.9 Å². The lowest BCUT2D eigenvalue weighted by molar-refractivity contribution is 0.141. The molecule has 0 radical (unpaired) electrons. The van der Waals surface area contributed by atoms with E-state index in [1.54, 1.807) is 14.2 Å². The molecule has 1 aliphatic heterocycles. The van der Waals surface area contributed by atoms with Crippen molar-refractivity contribution in [2.45, 2.75) is 38.8 Å². The summed E-state index contributed by atoms with van der Waals surface area (Å²) in [5, 5.41) is 6.81. The highest BCUT2D eigenvalue weighted by Gasteiger charge is 2.24. The molecule has 1 aromatic carbocycles. The molecule has 1 aliphatic rings. The quantitative estimate of drug-likeness (QED) is 0.317. The number of nitrogens with zero attached hydrogens (tertiary/aromatic N) is 2. The van der Waals surface area contributed by atoms with Gasteiger partial charge in [0.05, 0.1) is 13.2 Å². The van der Waals surface area contributed by atoms with Crippen LogP contribution >= 0.6 is 24.0 Å². The van der Waals surface area contributed by atoms with Gasteiger partial charge >= 0.3 is 0 Å². The number of aryl methyl sites for hydroxylation is 1. The first-order valence-electron chi connectivity index (χ1n) is 9.53.